The molecule has 156 valence electrons. The number of benzene rings is 2. The summed E-state index contributed by atoms with van der Waals surface area (Å²) < 4.78 is 32.7. The highest BCUT2D eigenvalue weighted by Crippen LogP contribution is 2.31. The zero-order valence-electron chi connectivity index (χ0n) is 16.4. The third kappa shape index (κ3) is 5.09. The first-order valence-corrected chi connectivity index (χ1v) is 10.4. The summed E-state index contributed by atoms with van der Waals surface area (Å²) in [5, 5.41) is 22.8. The molecular weight excluding hydrogens is 398 g/mol. The number of hydrogen-bond donors (Lipinski definition) is 0. The molecule has 29 heavy (non-hydrogen) atoms. The van der Waals surface area contributed by atoms with Gasteiger partial charge in [0.2, 0.25) is 10.0 Å². The second kappa shape index (κ2) is 9.48. The molecule has 0 aliphatic carbocycles. The molecule has 0 spiro atoms. The van der Waals surface area contributed by atoms with E-state index in [0.29, 0.717) is 13.1 Å². The molecule has 0 aliphatic rings. The van der Waals surface area contributed by atoms with Crippen LogP contribution in [0.4, 0.5) is 11.4 Å². The molecule has 0 aliphatic heterocycles. The van der Waals surface area contributed by atoms with Crippen molar-refractivity contribution in [2.24, 2.45) is 4.99 Å². The largest absolute Gasteiger partial charge is 0.872 e. The molecule has 2 rings (SSSR count). The molecular formula is C19H22N3O6S-. The summed E-state index contributed by atoms with van der Waals surface area (Å²) in [4.78, 5) is 14.4. The Morgan fingerprint density at radius 1 is 1.14 bits per heavy atom. The summed E-state index contributed by atoms with van der Waals surface area (Å²) in [6, 6.07) is 7.73. The van der Waals surface area contributed by atoms with E-state index in [9.17, 15) is 23.6 Å². The predicted octanol–water partition coefficient (Wildman–Crippen LogP) is 2.85. The van der Waals surface area contributed by atoms with Crippen molar-refractivity contribution >= 4 is 27.6 Å². The molecule has 0 bridgehead atoms. The minimum Gasteiger partial charge on any atom is -0.872 e. The van der Waals surface area contributed by atoms with Crippen LogP contribution in [0.5, 0.6) is 11.5 Å². The Hall–Kier alpha value is -2.98. The minimum atomic E-state index is -3.80. The van der Waals surface area contributed by atoms with E-state index in [0.717, 1.165) is 18.2 Å². The highest BCUT2D eigenvalue weighted by Gasteiger charge is 2.26. The number of nitro groups is 1. The van der Waals surface area contributed by atoms with Crippen LogP contribution in [0, 0.1) is 10.1 Å². The van der Waals surface area contributed by atoms with Crippen molar-refractivity contribution in [2.45, 2.75) is 25.7 Å². The smallest absolute Gasteiger partial charge is 0.270 e. The lowest BCUT2D eigenvalue weighted by Crippen LogP contribution is -2.30. The average Bonchev–Trinajstić information content (AvgIpc) is 2.68. The van der Waals surface area contributed by atoms with Crippen LogP contribution in [0.3, 0.4) is 0 Å². The lowest BCUT2D eigenvalue weighted by molar-refractivity contribution is -0.385. The van der Waals surface area contributed by atoms with Crippen molar-refractivity contribution in [3.05, 3.63) is 52.1 Å². The van der Waals surface area contributed by atoms with Crippen LogP contribution >= 0.6 is 0 Å². The Labute approximate surface area is 169 Å². The Balaban J connectivity index is 2.50. The number of ether oxygens (including phenoxy) is 1. The molecule has 0 saturated heterocycles. The SMILES string of the molecule is CCOc1ccc(N=Cc2cc([N+](=O)[O-])ccc2[O-])cc1S(=O)(=O)N(CC)CC. The monoisotopic (exact) mass is 420 g/mol. The van der Waals surface area contributed by atoms with Crippen molar-refractivity contribution in [3.63, 3.8) is 0 Å². The molecule has 0 unspecified atom stereocenters. The molecule has 0 amide bonds. The van der Waals surface area contributed by atoms with Gasteiger partial charge in [0, 0.05) is 31.4 Å². The lowest BCUT2D eigenvalue weighted by atomic mass is 10.2. The first kappa shape index (κ1) is 22.3. The van der Waals surface area contributed by atoms with Gasteiger partial charge in [-0.25, -0.2) is 8.42 Å². The standard InChI is InChI=1S/C19H23N3O6S/c1-4-21(5-2)29(26,27)19-12-15(7-10-18(19)28-6-3)20-13-14-11-16(22(24)25)8-9-17(14)23/h7-13,23H,4-6H2,1-3H3/p-1. The Morgan fingerprint density at radius 3 is 2.41 bits per heavy atom. The molecule has 2 aromatic carbocycles. The fourth-order valence-corrected chi connectivity index (χ4v) is 4.26. The number of rotatable bonds is 9. The van der Waals surface area contributed by atoms with Gasteiger partial charge in [0.25, 0.3) is 5.69 Å². The molecule has 0 saturated carbocycles. The molecule has 9 nitrogen and oxygen atoms in total. The maximum atomic E-state index is 13.0. The van der Waals surface area contributed by atoms with Crippen molar-refractivity contribution in [2.75, 3.05) is 19.7 Å². The fourth-order valence-electron chi connectivity index (χ4n) is 2.65. The predicted molar refractivity (Wildman–Crippen MR) is 108 cm³/mol. The van der Waals surface area contributed by atoms with Crippen molar-refractivity contribution in [1.29, 1.82) is 0 Å². The van der Waals surface area contributed by atoms with Crippen LogP contribution in [0.15, 0.2) is 46.3 Å². The number of aliphatic imine (C=N–C) groups is 1. The highest BCUT2D eigenvalue weighted by atomic mass is 32.2. The Kier molecular flexibility index (Phi) is 7.29. The molecule has 0 heterocycles. The second-order valence-corrected chi connectivity index (χ2v) is 7.80. The zero-order valence-corrected chi connectivity index (χ0v) is 17.2. The summed E-state index contributed by atoms with van der Waals surface area (Å²) in [5.74, 6) is -0.223. The van der Waals surface area contributed by atoms with Crippen LogP contribution in [-0.2, 0) is 10.0 Å². The molecule has 0 N–H and O–H groups in total. The molecule has 0 radical (unpaired) electrons. The lowest BCUT2D eigenvalue weighted by Gasteiger charge is -2.20. The third-order valence-corrected chi connectivity index (χ3v) is 6.18. The number of non-ortho nitro benzene ring substituents is 1. The third-order valence-electron chi connectivity index (χ3n) is 4.11. The van der Waals surface area contributed by atoms with E-state index in [4.69, 9.17) is 4.74 Å². The van der Waals surface area contributed by atoms with Gasteiger partial charge >= 0.3 is 0 Å². The van der Waals surface area contributed by atoms with Crippen molar-refractivity contribution in [3.8, 4) is 11.5 Å². The highest BCUT2D eigenvalue weighted by molar-refractivity contribution is 7.89. The van der Waals surface area contributed by atoms with E-state index in [1.165, 1.54) is 22.7 Å². The van der Waals surface area contributed by atoms with Gasteiger partial charge in [0.1, 0.15) is 10.6 Å². The van der Waals surface area contributed by atoms with E-state index in [1.54, 1.807) is 26.8 Å². The number of hydrogen-bond acceptors (Lipinski definition) is 7. The molecule has 10 heteroatoms. The molecule has 0 fully saturated rings. The molecule has 0 aromatic heterocycles. The summed E-state index contributed by atoms with van der Waals surface area (Å²) in [5.41, 5.74) is 0.0638. The van der Waals surface area contributed by atoms with Crippen molar-refractivity contribution < 1.29 is 23.2 Å². The van der Waals surface area contributed by atoms with Crippen LogP contribution in [0.2, 0.25) is 0 Å². The van der Waals surface area contributed by atoms with Crippen LogP contribution in [0.1, 0.15) is 26.3 Å². The zero-order chi connectivity index (χ0) is 21.6. The van der Waals surface area contributed by atoms with E-state index in [1.807, 2.05) is 0 Å². The van der Waals surface area contributed by atoms with Gasteiger partial charge in [0.05, 0.1) is 17.2 Å². The van der Waals surface area contributed by atoms with Crippen molar-refractivity contribution in [1.82, 2.24) is 4.31 Å². The average molecular weight is 420 g/mol. The van der Waals surface area contributed by atoms with E-state index >= 15 is 0 Å². The normalized spacial score (nSPS) is 11.9. The maximum absolute atomic E-state index is 13.0. The van der Waals surface area contributed by atoms with Gasteiger partial charge in [-0.1, -0.05) is 25.7 Å². The summed E-state index contributed by atoms with van der Waals surface area (Å²) >= 11 is 0. The van der Waals surface area contributed by atoms with Gasteiger partial charge in [-0.15, -0.1) is 0 Å². The molecule has 0 atom stereocenters. The van der Waals surface area contributed by atoms with Gasteiger partial charge < -0.3 is 9.84 Å². The Morgan fingerprint density at radius 2 is 1.83 bits per heavy atom. The fraction of sp³-hybridized carbons (Fsp3) is 0.316. The van der Waals surface area contributed by atoms with Gasteiger partial charge in [-0.05, 0) is 30.7 Å². The van der Waals surface area contributed by atoms with E-state index < -0.39 is 20.7 Å². The van der Waals surface area contributed by atoms with Crippen LogP contribution in [-0.4, -0.2) is 43.6 Å². The van der Waals surface area contributed by atoms with E-state index in [2.05, 4.69) is 4.99 Å². The minimum absolute atomic E-state index is 0.0286. The first-order valence-electron chi connectivity index (χ1n) is 9.01. The van der Waals surface area contributed by atoms with Crippen LogP contribution in [0.25, 0.3) is 0 Å². The van der Waals surface area contributed by atoms with Gasteiger partial charge in [-0.2, -0.15) is 4.31 Å². The van der Waals surface area contributed by atoms with Gasteiger partial charge in [-0.3, -0.25) is 15.1 Å². The number of nitro benzene ring substituents is 1. The van der Waals surface area contributed by atoms with E-state index in [-0.39, 0.29) is 34.2 Å². The Bertz CT molecular complexity index is 1020. The van der Waals surface area contributed by atoms with Gasteiger partial charge in [0.15, 0.2) is 0 Å². The first-order chi connectivity index (χ1) is 13.7. The number of nitrogens with zero attached hydrogens (tertiary/aromatic N) is 3. The summed E-state index contributed by atoms with van der Waals surface area (Å²) in [6.07, 6.45) is 1.18. The topological polar surface area (TPSA) is 125 Å². The summed E-state index contributed by atoms with van der Waals surface area (Å²) in [7, 11) is -3.80. The quantitative estimate of drug-likeness (QED) is 0.349. The second-order valence-electron chi connectivity index (χ2n) is 5.89. The maximum Gasteiger partial charge on any atom is 0.270 e. The van der Waals surface area contributed by atoms with Crippen LogP contribution < -0.4 is 9.84 Å². The molecule has 2 aromatic rings. The summed E-state index contributed by atoms with van der Waals surface area (Å²) in [6.45, 7) is 6.10. The number of sulfonamides is 1.